The van der Waals surface area contributed by atoms with Crippen LogP contribution in [-0.4, -0.2) is 13.0 Å². The predicted molar refractivity (Wildman–Crippen MR) is 164 cm³/mol. The molecule has 0 saturated carbocycles. The Morgan fingerprint density at radius 1 is 0.600 bits per heavy atom. The Hall–Kier alpha value is -1.70. The van der Waals surface area contributed by atoms with Crippen molar-refractivity contribution in [1.29, 1.82) is 0 Å². The normalized spacial score (nSPS) is 12.6. The van der Waals surface area contributed by atoms with Crippen LogP contribution in [0.4, 0.5) is 0 Å². The second-order valence-electron chi connectivity index (χ2n) is 13.6. The molecule has 0 fully saturated rings. The molecule has 3 aromatic carbocycles. The van der Waals surface area contributed by atoms with E-state index in [2.05, 4.69) is 104 Å². The highest BCUT2D eigenvalue weighted by molar-refractivity contribution is 7.85. The van der Waals surface area contributed by atoms with E-state index < -0.39 is 10.1 Å². The Morgan fingerprint density at radius 3 is 1.15 bits per heavy atom. The highest BCUT2D eigenvalue weighted by Crippen LogP contribution is 2.34. The van der Waals surface area contributed by atoms with E-state index in [4.69, 9.17) is 0 Å². The molecule has 0 bridgehead atoms. The maximum absolute atomic E-state index is 11.6. The van der Waals surface area contributed by atoms with Gasteiger partial charge in [0.2, 0.25) is 0 Å². The Kier molecular flexibility index (Phi) is 11.7. The Labute approximate surface area is 255 Å². The van der Waals surface area contributed by atoms with Crippen LogP contribution >= 0.6 is 0 Å². The minimum atomic E-state index is -4.45. The van der Waals surface area contributed by atoms with Gasteiger partial charge in [-0.3, -0.25) is 0 Å². The lowest BCUT2D eigenvalue weighted by Gasteiger charge is -2.24. The second-order valence-corrected chi connectivity index (χ2v) is 17.9. The van der Waals surface area contributed by atoms with E-state index in [1.54, 1.807) is 0 Å². The highest BCUT2D eigenvalue weighted by atomic mass is 127. The number of benzene rings is 3. The molecule has 0 aliphatic carbocycles. The monoisotopic (exact) mass is 676 g/mol. The molecule has 3 rings (SSSR count). The lowest BCUT2D eigenvalue weighted by Crippen LogP contribution is -3.61. The standard InChI is InChI=1S/C20H26I.C15H24O3S/c1-19(2,3)15-7-11-17(12-8-15)21-18-13-9-16(10-14-18)20(4,5)6;1-9(2)12-7-13(10(3)4)15(19(16,17)18)14(8-12)11(5)6/h7-14H,1-6H3;7-11H,1-6H3,(H,16,17,18)/q+1;/p-1. The van der Waals surface area contributed by atoms with E-state index in [0.29, 0.717) is 17.0 Å². The third kappa shape index (κ3) is 9.70. The van der Waals surface area contributed by atoms with Crippen molar-refractivity contribution < 1.29 is 34.2 Å². The first-order valence-electron chi connectivity index (χ1n) is 14.2. The summed E-state index contributed by atoms with van der Waals surface area (Å²) < 4.78 is 37.8. The smallest absolute Gasteiger partial charge is 0.357 e. The molecule has 3 nitrogen and oxygen atoms in total. The molecule has 0 amide bonds. The lowest BCUT2D eigenvalue weighted by atomic mass is 9.87. The van der Waals surface area contributed by atoms with Gasteiger partial charge in [0.15, 0.2) is 7.14 Å². The van der Waals surface area contributed by atoms with E-state index in [9.17, 15) is 13.0 Å². The number of hydrogen-bond acceptors (Lipinski definition) is 3. The van der Waals surface area contributed by atoms with Crippen molar-refractivity contribution in [2.45, 2.75) is 117 Å². The first-order chi connectivity index (χ1) is 18.2. The van der Waals surface area contributed by atoms with Crippen molar-refractivity contribution in [3.05, 3.63) is 95.6 Å². The van der Waals surface area contributed by atoms with E-state index in [0.717, 1.165) is 5.56 Å². The average molecular weight is 677 g/mol. The molecule has 0 N–H and O–H groups in total. The molecule has 3 aromatic rings. The van der Waals surface area contributed by atoms with Gasteiger partial charge in [-0.05, 0) is 80.7 Å². The van der Waals surface area contributed by atoms with E-state index in [-0.39, 0.29) is 48.8 Å². The molecular formula is C35H49IO3S. The summed E-state index contributed by atoms with van der Waals surface area (Å²) in [5.41, 5.74) is 5.68. The summed E-state index contributed by atoms with van der Waals surface area (Å²) >= 11 is -0.0703. The number of halogens is 1. The predicted octanol–water partition coefficient (Wildman–Crippen LogP) is 6.37. The largest absolute Gasteiger partial charge is 0.744 e. The summed E-state index contributed by atoms with van der Waals surface area (Å²) in [5.74, 6) is 0.322. The molecule has 0 atom stereocenters. The van der Waals surface area contributed by atoms with Crippen molar-refractivity contribution in [3.8, 4) is 0 Å². The number of rotatable bonds is 6. The molecule has 220 valence electrons. The molecular weight excluding hydrogens is 627 g/mol. The Morgan fingerprint density at radius 2 is 0.925 bits per heavy atom. The van der Waals surface area contributed by atoms with Crippen molar-refractivity contribution >= 4 is 10.1 Å². The van der Waals surface area contributed by atoms with E-state index in [1.807, 2.05) is 39.8 Å². The zero-order chi connectivity index (χ0) is 30.6. The number of hydrogen-bond donors (Lipinski definition) is 0. The zero-order valence-electron chi connectivity index (χ0n) is 26.5. The van der Waals surface area contributed by atoms with Crippen LogP contribution in [0.2, 0.25) is 0 Å². The van der Waals surface area contributed by atoms with Crippen LogP contribution in [0.15, 0.2) is 65.6 Å². The molecule has 0 saturated heterocycles. The van der Waals surface area contributed by atoms with Gasteiger partial charge in [-0.25, -0.2) is 8.42 Å². The van der Waals surface area contributed by atoms with Gasteiger partial charge >= 0.3 is 21.2 Å². The van der Waals surface area contributed by atoms with Crippen LogP contribution in [0.5, 0.6) is 0 Å². The first-order valence-corrected chi connectivity index (χ1v) is 17.8. The van der Waals surface area contributed by atoms with Gasteiger partial charge < -0.3 is 4.55 Å². The van der Waals surface area contributed by atoms with E-state index >= 15 is 0 Å². The Bertz CT molecular complexity index is 1270. The summed E-state index contributed by atoms with van der Waals surface area (Å²) in [7, 11) is -4.45. The SMILES string of the molecule is CC(C)(C)c1ccc([I+]c2ccc(C(C)(C)C)cc2)cc1.CC(C)c1cc(C(C)C)c(S(=O)(=O)[O-])c(C(C)C)c1. The van der Waals surface area contributed by atoms with Crippen LogP contribution in [0.3, 0.4) is 0 Å². The molecule has 0 heterocycles. The lowest BCUT2D eigenvalue weighted by molar-refractivity contribution is -0.597. The van der Waals surface area contributed by atoms with Gasteiger partial charge in [0, 0.05) is 0 Å². The van der Waals surface area contributed by atoms with Gasteiger partial charge in [0.25, 0.3) is 0 Å². The van der Waals surface area contributed by atoms with Crippen LogP contribution in [0.25, 0.3) is 0 Å². The van der Waals surface area contributed by atoms with Crippen LogP contribution in [0.1, 0.15) is 129 Å². The molecule has 40 heavy (non-hydrogen) atoms. The minimum Gasteiger partial charge on any atom is -0.744 e. The van der Waals surface area contributed by atoms with Crippen LogP contribution in [0, 0.1) is 7.14 Å². The van der Waals surface area contributed by atoms with Crippen LogP contribution in [-0.2, 0) is 20.9 Å². The molecule has 5 heteroatoms. The molecule has 0 aliphatic heterocycles. The van der Waals surface area contributed by atoms with Crippen LogP contribution < -0.4 is 21.2 Å². The summed E-state index contributed by atoms with van der Waals surface area (Å²) in [6.45, 7) is 25.4. The third-order valence-electron chi connectivity index (χ3n) is 6.97. The van der Waals surface area contributed by atoms with E-state index in [1.165, 1.54) is 18.3 Å². The fourth-order valence-corrected chi connectivity index (χ4v) is 7.65. The fourth-order valence-electron chi connectivity index (χ4n) is 4.33. The summed E-state index contributed by atoms with van der Waals surface area (Å²) in [5, 5.41) is 0. The minimum absolute atomic E-state index is 0.00919. The average Bonchev–Trinajstić information content (AvgIpc) is 2.82. The summed E-state index contributed by atoms with van der Waals surface area (Å²) in [6.07, 6.45) is 0. The van der Waals surface area contributed by atoms with Crippen molar-refractivity contribution in [3.63, 3.8) is 0 Å². The second kappa shape index (κ2) is 13.5. The van der Waals surface area contributed by atoms with Gasteiger partial charge in [0.1, 0.15) is 10.1 Å². The van der Waals surface area contributed by atoms with Gasteiger partial charge in [-0.15, -0.1) is 0 Å². The molecule has 0 unspecified atom stereocenters. The maximum atomic E-state index is 11.6. The van der Waals surface area contributed by atoms with Crippen molar-refractivity contribution in [2.75, 3.05) is 0 Å². The summed E-state index contributed by atoms with van der Waals surface area (Å²) in [4.78, 5) is -0.0121. The Balaban J connectivity index is 0.000000282. The maximum Gasteiger partial charge on any atom is 0.357 e. The van der Waals surface area contributed by atoms with Gasteiger partial charge in [0.05, 0.1) is 4.90 Å². The van der Waals surface area contributed by atoms with Gasteiger partial charge in [-0.2, -0.15) is 0 Å². The van der Waals surface area contributed by atoms with Crippen molar-refractivity contribution in [2.24, 2.45) is 0 Å². The topological polar surface area (TPSA) is 57.2 Å². The third-order valence-corrected chi connectivity index (χ3v) is 10.6. The molecule has 0 aliphatic rings. The molecule has 0 aromatic heterocycles. The van der Waals surface area contributed by atoms with Gasteiger partial charge in [-0.1, -0.05) is 119 Å². The highest BCUT2D eigenvalue weighted by Gasteiger charge is 2.22. The molecule has 0 spiro atoms. The fraction of sp³-hybridized carbons (Fsp3) is 0.486. The molecule has 0 radical (unpaired) electrons. The zero-order valence-corrected chi connectivity index (χ0v) is 29.5. The quantitative estimate of drug-likeness (QED) is 0.225. The summed E-state index contributed by atoms with van der Waals surface area (Å²) in [6, 6.07) is 22.1. The first kappa shape index (κ1) is 34.5. The van der Waals surface area contributed by atoms with Crippen molar-refractivity contribution in [1.82, 2.24) is 0 Å².